The Morgan fingerprint density at radius 2 is 1.67 bits per heavy atom. The minimum absolute atomic E-state index is 0.191. The van der Waals surface area contributed by atoms with Gasteiger partial charge >= 0.3 is 0 Å². The summed E-state index contributed by atoms with van der Waals surface area (Å²) in [6, 6.07) is 10.9. The number of nitrogens with zero attached hydrogens (tertiary/aromatic N) is 2. The lowest BCUT2D eigenvalue weighted by Crippen LogP contribution is -2.52. The third kappa shape index (κ3) is 6.76. The summed E-state index contributed by atoms with van der Waals surface area (Å²) in [5, 5.41) is 0. The Morgan fingerprint density at radius 3 is 2.14 bits per heavy atom. The Kier molecular flexibility index (Phi) is 10.6. The van der Waals surface area contributed by atoms with Crippen LogP contribution in [0, 0.1) is 0 Å². The molecule has 1 heterocycles. The first-order valence-corrected chi connectivity index (χ1v) is 8.20. The molecule has 120 valence electrons. The monoisotopic (exact) mass is 292 g/mol. The number of hydrogen-bond acceptors (Lipinski definition) is 2. The van der Waals surface area contributed by atoms with E-state index in [2.05, 4.69) is 36.1 Å². The Balaban J connectivity index is 0.000000921. The molecule has 0 saturated carbocycles. The van der Waals surface area contributed by atoms with Crippen molar-refractivity contribution in [3.63, 3.8) is 0 Å². The number of hydrogen-bond donors (Lipinski definition) is 0. The molecule has 3 nitrogen and oxygen atoms in total. The van der Waals surface area contributed by atoms with Gasteiger partial charge in [0.05, 0.1) is 0 Å². The molecule has 1 amide bonds. The van der Waals surface area contributed by atoms with Crippen LogP contribution in [0.3, 0.4) is 0 Å². The van der Waals surface area contributed by atoms with Gasteiger partial charge in [-0.3, -0.25) is 9.69 Å². The van der Waals surface area contributed by atoms with Crippen molar-refractivity contribution in [1.29, 1.82) is 0 Å². The number of carbonyl (C=O) groups excluding carboxylic acids is 1. The minimum atomic E-state index is 0.191. The zero-order chi connectivity index (χ0) is 16.3. The summed E-state index contributed by atoms with van der Waals surface area (Å²) in [5.74, 6) is 0.191. The topological polar surface area (TPSA) is 23.6 Å². The molecule has 1 aromatic rings. The van der Waals surface area contributed by atoms with E-state index >= 15 is 0 Å². The van der Waals surface area contributed by atoms with E-state index in [0.29, 0.717) is 6.04 Å². The molecule has 1 fully saturated rings. The van der Waals surface area contributed by atoms with E-state index in [-0.39, 0.29) is 5.91 Å². The van der Waals surface area contributed by atoms with E-state index in [0.717, 1.165) is 26.2 Å². The Bertz CT molecular complexity index is 378. The van der Waals surface area contributed by atoms with E-state index in [1.54, 1.807) is 6.92 Å². The fourth-order valence-electron chi connectivity index (χ4n) is 2.33. The van der Waals surface area contributed by atoms with Gasteiger partial charge in [-0.1, -0.05) is 58.0 Å². The van der Waals surface area contributed by atoms with Crippen molar-refractivity contribution >= 4 is 5.91 Å². The van der Waals surface area contributed by atoms with Crippen molar-refractivity contribution in [2.75, 3.05) is 19.6 Å². The molecule has 1 aromatic carbocycles. The van der Waals surface area contributed by atoms with Crippen LogP contribution in [-0.2, 0) is 11.3 Å². The predicted octanol–water partition coefficient (Wildman–Crippen LogP) is 3.79. The molecule has 0 N–H and O–H groups in total. The first-order valence-electron chi connectivity index (χ1n) is 8.20. The summed E-state index contributed by atoms with van der Waals surface area (Å²) in [5.41, 5.74) is 1.34. The summed E-state index contributed by atoms with van der Waals surface area (Å²) < 4.78 is 0. The summed E-state index contributed by atoms with van der Waals surface area (Å²) in [6.45, 7) is 15.5. The van der Waals surface area contributed by atoms with Gasteiger partial charge in [-0.25, -0.2) is 0 Å². The summed E-state index contributed by atoms with van der Waals surface area (Å²) in [7, 11) is 0. The van der Waals surface area contributed by atoms with Crippen molar-refractivity contribution in [1.82, 2.24) is 9.80 Å². The Morgan fingerprint density at radius 1 is 1.10 bits per heavy atom. The number of rotatable bonds is 2. The van der Waals surface area contributed by atoms with Gasteiger partial charge in [0.25, 0.3) is 0 Å². The summed E-state index contributed by atoms with van der Waals surface area (Å²) >= 11 is 0. The molecule has 1 atom stereocenters. The fourth-order valence-corrected chi connectivity index (χ4v) is 2.33. The molecule has 0 aromatic heterocycles. The third-order valence-corrected chi connectivity index (χ3v) is 3.44. The van der Waals surface area contributed by atoms with Crippen LogP contribution >= 0.6 is 0 Å². The largest absolute Gasteiger partial charge is 0.340 e. The highest BCUT2D eigenvalue weighted by atomic mass is 16.2. The van der Waals surface area contributed by atoms with Gasteiger partial charge in [0.2, 0.25) is 5.91 Å². The highest BCUT2D eigenvalue weighted by molar-refractivity contribution is 5.73. The van der Waals surface area contributed by atoms with Gasteiger partial charge in [-0.05, 0) is 12.5 Å². The smallest absolute Gasteiger partial charge is 0.219 e. The number of carbonyl (C=O) groups is 1. The number of piperazine rings is 1. The highest BCUT2D eigenvalue weighted by Crippen LogP contribution is 2.13. The third-order valence-electron chi connectivity index (χ3n) is 3.44. The number of benzene rings is 1. The van der Waals surface area contributed by atoms with Crippen LogP contribution in [0.1, 0.15) is 47.1 Å². The van der Waals surface area contributed by atoms with Crippen molar-refractivity contribution in [3.05, 3.63) is 35.9 Å². The van der Waals surface area contributed by atoms with Gasteiger partial charge in [0, 0.05) is 39.1 Å². The maximum Gasteiger partial charge on any atom is 0.219 e. The average molecular weight is 292 g/mol. The summed E-state index contributed by atoms with van der Waals surface area (Å²) in [6.07, 6.45) is 0. The number of amides is 1. The Labute approximate surface area is 130 Å². The molecule has 0 bridgehead atoms. The minimum Gasteiger partial charge on any atom is -0.340 e. The van der Waals surface area contributed by atoms with Gasteiger partial charge in [-0.2, -0.15) is 0 Å². The molecule has 3 heteroatoms. The first-order chi connectivity index (χ1) is 10.2. The van der Waals surface area contributed by atoms with Gasteiger partial charge in [0.15, 0.2) is 0 Å². The first kappa shape index (κ1) is 19.7. The van der Waals surface area contributed by atoms with Crippen LogP contribution in [-0.4, -0.2) is 41.4 Å². The lowest BCUT2D eigenvalue weighted by molar-refractivity contribution is -0.131. The van der Waals surface area contributed by atoms with Gasteiger partial charge < -0.3 is 4.90 Å². The second-order valence-electron chi connectivity index (χ2n) is 4.77. The molecule has 0 radical (unpaired) electrons. The second kappa shape index (κ2) is 11.3. The van der Waals surface area contributed by atoms with Crippen molar-refractivity contribution in [3.8, 4) is 0 Å². The SMILES string of the molecule is CC.CC.CC(=O)N1CCN(Cc2ccccc2)C(C)C1. The van der Waals surface area contributed by atoms with Crippen LogP contribution < -0.4 is 0 Å². The molecular weight excluding hydrogens is 260 g/mol. The quantitative estimate of drug-likeness (QED) is 0.828. The Hall–Kier alpha value is -1.35. The zero-order valence-corrected chi connectivity index (χ0v) is 14.6. The van der Waals surface area contributed by atoms with Gasteiger partial charge in [0.1, 0.15) is 0 Å². The predicted molar refractivity (Wildman–Crippen MR) is 91.3 cm³/mol. The van der Waals surface area contributed by atoms with Crippen LogP contribution in [0.25, 0.3) is 0 Å². The molecule has 1 unspecified atom stereocenters. The maximum atomic E-state index is 11.3. The molecule has 0 spiro atoms. The summed E-state index contributed by atoms with van der Waals surface area (Å²) in [4.78, 5) is 15.7. The maximum absolute atomic E-state index is 11.3. The fraction of sp³-hybridized carbons (Fsp3) is 0.611. The lowest BCUT2D eigenvalue weighted by atomic mass is 10.1. The zero-order valence-electron chi connectivity index (χ0n) is 14.6. The second-order valence-corrected chi connectivity index (χ2v) is 4.77. The van der Waals surface area contributed by atoms with E-state index in [9.17, 15) is 4.79 Å². The van der Waals surface area contributed by atoms with E-state index in [4.69, 9.17) is 0 Å². The van der Waals surface area contributed by atoms with E-state index in [1.807, 2.05) is 38.7 Å². The average Bonchev–Trinajstić information content (AvgIpc) is 2.54. The normalized spacial score (nSPS) is 18.0. The van der Waals surface area contributed by atoms with E-state index < -0.39 is 0 Å². The molecule has 1 aliphatic rings. The molecule has 1 aliphatic heterocycles. The van der Waals surface area contributed by atoms with Gasteiger partial charge in [-0.15, -0.1) is 0 Å². The standard InChI is InChI=1S/C14H20N2O.2C2H6/c1-12-10-16(13(2)17)9-8-15(12)11-14-6-4-3-5-7-14;2*1-2/h3-7,12H,8-11H2,1-2H3;2*1-2H3. The van der Waals surface area contributed by atoms with Crippen molar-refractivity contribution in [2.45, 2.75) is 54.1 Å². The van der Waals surface area contributed by atoms with Crippen LogP contribution in [0.5, 0.6) is 0 Å². The molecule has 2 rings (SSSR count). The van der Waals surface area contributed by atoms with E-state index in [1.165, 1.54) is 5.56 Å². The van der Waals surface area contributed by atoms with Crippen LogP contribution in [0.4, 0.5) is 0 Å². The molecule has 0 aliphatic carbocycles. The molecular formula is C18H32N2O. The van der Waals surface area contributed by atoms with Crippen LogP contribution in [0.2, 0.25) is 0 Å². The van der Waals surface area contributed by atoms with Crippen molar-refractivity contribution in [2.24, 2.45) is 0 Å². The highest BCUT2D eigenvalue weighted by Gasteiger charge is 2.24. The molecule has 21 heavy (non-hydrogen) atoms. The molecule has 1 saturated heterocycles. The van der Waals surface area contributed by atoms with Crippen molar-refractivity contribution < 1.29 is 4.79 Å². The van der Waals surface area contributed by atoms with Crippen LogP contribution in [0.15, 0.2) is 30.3 Å². The lowest BCUT2D eigenvalue weighted by Gasteiger charge is -2.39.